The Bertz CT molecular complexity index is 1140. The number of nitrogens with zero attached hydrogens (tertiary/aromatic N) is 2. The monoisotopic (exact) mass is 568 g/mol. The number of carbonyl (C=O) groups excluding carboxylic acids is 4. The molecule has 2 aliphatic heterocycles. The highest BCUT2D eigenvalue weighted by molar-refractivity contribution is 5.94. The molecule has 41 heavy (non-hydrogen) atoms. The van der Waals surface area contributed by atoms with Crippen LogP contribution in [0.5, 0.6) is 5.75 Å². The van der Waals surface area contributed by atoms with Crippen molar-refractivity contribution in [1.82, 2.24) is 20.5 Å². The van der Waals surface area contributed by atoms with Gasteiger partial charge in [-0.3, -0.25) is 24.2 Å². The van der Waals surface area contributed by atoms with E-state index in [0.29, 0.717) is 63.2 Å². The second-order valence-electron chi connectivity index (χ2n) is 9.96. The van der Waals surface area contributed by atoms with E-state index in [-0.39, 0.29) is 43.9 Å². The van der Waals surface area contributed by atoms with E-state index in [2.05, 4.69) is 15.6 Å². The summed E-state index contributed by atoms with van der Waals surface area (Å²) in [7, 11) is 1.56. The number of rotatable bonds is 6. The van der Waals surface area contributed by atoms with Gasteiger partial charge >= 0.3 is 5.97 Å². The lowest BCUT2D eigenvalue weighted by Crippen LogP contribution is -2.46. The molecule has 0 saturated heterocycles. The first-order chi connectivity index (χ1) is 19.9. The summed E-state index contributed by atoms with van der Waals surface area (Å²) in [6.45, 7) is 3.30. The summed E-state index contributed by atoms with van der Waals surface area (Å²) in [5, 5.41) is 5.75. The topological polar surface area (TPSA) is 136 Å². The van der Waals surface area contributed by atoms with Crippen LogP contribution in [0.4, 0.5) is 0 Å². The molecule has 0 radical (unpaired) electrons. The number of aromatic nitrogens is 1. The van der Waals surface area contributed by atoms with Crippen LogP contribution in [-0.2, 0) is 30.3 Å². The van der Waals surface area contributed by atoms with Crippen LogP contribution in [0.15, 0.2) is 48.8 Å². The van der Waals surface area contributed by atoms with Gasteiger partial charge in [-0.1, -0.05) is 12.1 Å². The van der Waals surface area contributed by atoms with Crippen molar-refractivity contribution in [2.45, 2.75) is 39.0 Å². The van der Waals surface area contributed by atoms with Crippen molar-refractivity contribution in [3.05, 3.63) is 59.9 Å². The fourth-order valence-electron chi connectivity index (χ4n) is 4.64. The van der Waals surface area contributed by atoms with Crippen LogP contribution in [0.25, 0.3) is 0 Å². The van der Waals surface area contributed by atoms with E-state index in [9.17, 15) is 19.2 Å². The predicted molar refractivity (Wildman–Crippen MR) is 151 cm³/mol. The molecule has 0 spiro atoms. The Morgan fingerprint density at radius 2 is 1.76 bits per heavy atom. The summed E-state index contributed by atoms with van der Waals surface area (Å²) in [6.07, 6.45) is 4.90. The third kappa shape index (κ3) is 9.86. The Hall–Kier alpha value is -3.99. The maximum Gasteiger partial charge on any atom is 0.314 e. The molecule has 222 valence electrons. The SMILES string of the molecule is CCOC(=O)C1(CCOC)CNC(=O)CCCN(C(=O)c2ccncc2)CCCNC(=O)COc2ccc(cc2)C1. The van der Waals surface area contributed by atoms with Crippen molar-refractivity contribution in [3.63, 3.8) is 0 Å². The summed E-state index contributed by atoms with van der Waals surface area (Å²) in [6, 6.07) is 10.5. The number of fused-ring (bicyclic) bond motifs is 17. The van der Waals surface area contributed by atoms with E-state index in [4.69, 9.17) is 14.2 Å². The van der Waals surface area contributed by atoms with Crippen LogP contribution < -0.4 is 15.4 Å². The van der Waals surface area contributed by atoms with Gasteiger partial charge in [0, 0.05) is 64.3 Å². The second-order valence-corrected chi connectivity index (χ2v) is 9.96. The Balaban J connectivity index is 1.82. The lowest BCUT2D eigenvalue weighted by molar-refractivity contribution is -0.156. The number of carbonyl (C=O) groups is 4. The quantitative estimate of drug-likeness (QED) is 0.506. The average Bonchev–Trinajstić information content (AvgIpc) is 2.99. The zero-order chi connectivity index (χ0) is 29.5. The fourth-order valence-corrected chi connectivity index (χ4v) is 4.64. The summed E-state index contributed by atoms with van der Waals surface area (Å²) in [4.78, 5) is 57.3. The molecule has 1 aromatic heterocycles. The molecule has 1 unspecified atom stereocenters. The van der Waals surface area contributed by atoms with Gasteiger partial charge in [0.25, 0.3) is 11.8 Å². The zero-order valence-electron chi connectivity index (χ0n) is 23.9. The van der Waals surface area contributed by atoms with Crippen LogP contribution in [0.1, 0.15) is 48.5 Å². The Morgan fingerprint density at radius 3 is 2.46 bits per heavy atom. The summed E-state index contributed by atoms with van der Waals surface area (Å²) in [5.41, 5.74) is 0.299. The molecule has 11 heteroatoms. The predicted octanol–water partition coefficient (Wildman–Crippen LogP) is 2.15. The molecule has 2 bridgehead atoms. The lowest BCUT2D eigenvalue weighted by Gasteiger charge is -2.32. The second kappa shape index (κ2) is 16.3. The molecule has 2 aliphatic rings. The van der Waals surface area contributed by atoms with Crippen LogP contribution in [0.2, 0.25) is 0 Å². The minimum Gasteiger partial charge on any atom is -0.484 e. The Labute approximate surface area is 240 Å². The van der Waals surface area contributed by atoms with E-state index in [0.717, 1.165) is 5.56 Å². The van der Waals surface area contributed by atoms with Gasteiger partial charge in [-0.05, 0) is 62.4 Å². The molecule has 0 fully saturated rings. The van der Waals surface area contributed by atoms with E-state index in [1.807, 2.05) is 12.1 Å². The smallest absolute Gasteiger partial charge is 0.314 e. The van der Waals surface area contributed by atoms with Crippen LogP contribution in [0.3, 0.4) is 0 Å². The normalized spacial score (nSPS) is 19.4. The third-order valence-electron chi connectivity index (χ3n) is 6.93. The van der Waals surface area contributed by atoms with E-state index >= 15 is 0 Å². The minimum absolute atomic E-state index is 0.0755. The van der Waals surface area contributed by atoms with E-state index < -0.39 is 11.4 Å². The maximum atomic E-state index is 13.3. The molecule has 2 aromatic rings. The molecule has 2 N–H and O–H groups in total. The maximum absolute atomic E-state index is 13.3. The first-order valence-electron chi connectivity index (χ1n) is 14.0. The van der Waals surface area contributed by atoms with Gasteiger partial charge in [0.1, 0.15) is 5.75 Å². The van der Waals surface area contributed by atoms with Gasteiger partial charge in [-0.25, -0.2) is 0 Å². The summed E-state index contributed by atoms with van der Waals surface area (Å²) < 4.78 is 16.4. The molecule has 3 amide bonds. The van der Waals surface area contributed by atoms with Gasteiger partial charge < -0.3 is 29.7 Å². The van der Waals surface area contributed by atoms with Crippen molar-refractivity contribution in [1.29, 1.82) is 0 Å². The molecule has 1 aromatic carbocycles. The Morgan fingerprint density at radius 1 is 1.02 bits per heavy atom. The van der Waals surface area contributed by atoms with Gasteiger partial charge in [-0.2, -0.15) is 0 Å². The fraction of sp³-hybridized carbons (Fsp3) is 0.500. The third-order valence-corrected chi connectivity index (χ3v) is 6.93. The van der Waals surface area contributed by atoms with E-state index in [1.54, 1.807) is 55.6 Å². The number of methoxy groups -OCH3 is 1. The standard InChI is InChI=1S/C30H40N4O7/c1-3-40-29(38)30(13-19-39-2)20-23-7-9-25(10-8-23)41-21-27(36)32-14-5-18-34(17-4-6-26(35)33-22-30)28(37)24-11-15-31-16-12-24/h7-12,15-16H,3-6,13-14,17-22H2,1-2H3,(H,32,36)(H,33,35). The van der Waals surface area contributed by atoms with Gasteiger partial charge in [0.05, 0.1) is 12.0 Å². The summed E-state index contributed by atoms with van der Waals surface area (Å²) >= 11 is 0. The molecular weight excluding hydrogens is 528 g/mol. The largest absolute Gasteiger partial charge is 0.484 e. The van der Waals surface area contributed by atoms with Crippen molar-refractivity contribution >= 4 is 23.7 Å². The number of hydrogen-bond acceptors (Lipinski definition) is 8. The van der Waals surface area contributed by atoms with Gasteiger partial charge in [-0.15, -0.1) is 0 Å². The molecule has 0 saturated carbocycles. The van der Waals surface area contributed by atoms with Crippen molar-refractivity contribution in [3.8, 4) is 5.75 Å². The zero-order valence-corrected chi connectivity index (χ0v) is 23.9. The molecule has 11 nitrogen and oxygen atoms in total. The average molecular weight is 569 g/mol. The van der Waals surface area contributed by atoms with Crippen LogP contribution >= 0.6 is 0 Å². The van der Waals surface area contributed by atoms with Crippen molar-refractivity contribution in [2.24, 2.45) is 5.41 Å². The number of hydrogen-bond donors (Lipinski definition) is 2. The van der Waals surface area contributed by atoms with E-state index in [1.165, 1.54) is 0 Å². The molecule has 3 heterocycles. The molecular formula is C30H40N4O7. The Kier molecular flexibility index (Phi) is 12.6. The molecule has 1 atom stereocenters. The number of benzene rings is 1. The van der Waals surface area contributed by atoms with Crippen LogP contribution in [0, 0.1) is 5.41 Å². The highest BCUT2D eigenvalue weighted by atomic mass is 16.5. The lowest BCUT2D eigenvalue weighted by atomic mass is 9.78. The van der Waals surface area contributed by atoms with Gasteiger partial charge in [0.15, 0.2) is 6.61 Å². The highest BCUT2D eigenvalue weighted by Gasteiger charge is 2.40. The molecule has 4 rings (SSSR count). The number of nitrogens with one attached hydrogen (secondary N) is 2. The highest BCUT2D eigenvalue weighted by Crippen LogP contribution is 2.30. The van der Waals surface area contributed by atoms with Crippen molar-refractivity contribution in [2.75, 3.05) is 53.1 Å². The summed E-state index contributed by atoms with van der Waals surface area (Å²) in [5.74, 6) is -0.565. The first kappa shape index (κ1) is 31.5. The number of pyridine rings is 1. The number of amides is 3. The number of esters is 1. The van der Waals surface area contributed by atoms with Crippen LogP contribution in [-0.4, -0.2) is 86.7 Å². The van der Waals surface area contributed by atoms with Gasteiger partial charge in [0.2, 0.25) is 5.91 Å². The minimum atomic E-state index is -1.05. The number of ether oxygens (including phenoxy) is 3. The first-order valence-corrected chi connectivity index (χ1v) is 14.0. The van der Waals surface area contributed by atoms with Crippen molar-refractivity contribution < 1.29 is 33.4 Å². The molecule has 0 aliphatic carbocycles.